The van der Waals surface area contributed by atoms with E-state index < -0.39 is 0 Å². The van der Waals surface area contributed by atoms with Crippen LogP contribution in [0.5, 0.6) is 0 Å². The van der Waals surface area contributed by atoms with Gasteiger partial charge in [0, 0.05) is 44.5 Å². The molecule has 0 amide bonds. The summed E-state index contributed by atoms with van der Waals surface area (Å²) in [7, 11) is 3.92. The summed E-state index contributed by atoms with van der Waals surface area (Å²) in [5, 5.41) is 1.48. The Morgan fingerprint density at radius 2 is 1.77 bits per heavy atom. The second-order valence-electron chi connectivity index (χ2n) is 8.87. The van der Waals surface area contributed by atoms with Crippen LogP contribution in [-0.2, 0) is 6.42 Å². The topological polar surface area (TPSA) is 81.5 Å². The molecule has 1 saturated heterocycles. The molecule has 1 saturated carbocycles. The standard InChI is InChI=1S/C23H34N6O/c1-27-12-14-29(15-13-27)19-10-8-18(9-11-19)21-25-22(28(2)24)20(23(30)26-21)16-17-6-4-3-5-7-17/h8-11,17H,3-7,12-16,24H2,1-2H3,(H,25,26,30). The van der Waals surface area contributed by atoms with Gasteiger partial charge in [-0.25, -0.2) is 10.8 Å². The highest BCUT2D eigenvalue weighted by molar-refractivity contribution is 5.62. The maximum atomic E-state index is 13.0. The van der Waals surface area contributed by atoms with E-state index in [0.29, 0.717) is 23.1 Å². The van der Waals surface area contributed by atoms with Crippen molar-refractivity contribution in [3.8, 4) is 11.4 Å². The number of benzene rings is 1. The maximum Gasteiger partial charge on any atom is 0.256 e. The highest BCUT2D eigenvalue weighted by Crippen LogP contribution is 2.29. The number of nitrogens with two attached hydrogens (primary N) is 1. The van der Waals surface area contributed by atoms with Crippen molar-refractivity contribution < 1.29 is 0 Å². The lowest BCUT2D eigenvalue weighted by Crippen LogP contribution is -2.44. The zero-order valence-electron chi connectivity index (χ0n) is 18.2. The summed E-state index contributed by atoms with van der Waals surface area (Å²) in [6, 6.07) is 8.30. The van der Waals surface area contributed by atoms with Gasteiger partial charge in [0.15, 0.2) is 5.82 Å². The van der Waals surface area contributed by atoms with Crippen LogP contribution in [0.15, 0.2) is 29.1 Å². The molecule has 30 heavy (non-hydrogen) atoms. The maximum absolute atomic E-state index is 13.0. The molecule has 1 aliphatic heterocycles. The summed E-state index contributed by atoms with van der Waals surface area (Å²) in [6.07, 6.45) is 6.92. The molecule has 162 valence electrons. The molecule has 7 nitrogen and oxygen atoms in total. The van der Waals surface area contributed by atoms with E-state index in [1.165, 1.54) is 42.8 Å². The minimum Gasteiger partial charge on any atom is -0.369 e. The zero-order valence-corrected chi connectivity index (χ0v) is 18.2. The molecule has 7 heteroatoms. The van der Waals surface area contributed by atoms with Crippen LogP contribution in [0.2, 0.25) is 0 Å². The molecule has 2 aliphatic rings. The van der Waals surface area contributed by atoms with Gasteiger partial charge in [0.05, 0.1) is 5.56 Å². The van der Waals surface area contributed by atoms with E-state index in [4.69, 9.17) is 10.8 Å². The normalized spacial score (nSPS) is 18.6. The zero-order chi connectivity index (χ0) is 21.1. The lowest BCUT2D eigenvalue weighted by Gasteiger charge is -2.34. The molecule has 0 spiro atoms. The van der Waals surface area contributed by atoms with Crippen molar-refractivity contribution in [2.24, 2.45) is 11.8 Å². The Kier molecular flexibility index (Phi) is 6.39. The van der Waals surface area contributed by atoms with Gasteiger partial charge in [0.1, 0.15) is 5.82 Å². The van der Waals surface area contributed by atoms with E-state index in [-0.39, 0.29) is 5.56 Å². The number of hydrazine groups is 1. The average molecular weight is 411 g/mol. The van der Waals surface area contributed by atoms with E-state index in [0.717, 1.165) is 38.2 Å². The first-order chi connectivity index (χ1) is 14.5. The van der Waals surface area contributed by atoms with Gasteiger partial charge < -0.3 is 14.8 Å². The van der Waals surface area contributed by atoms with Gasteiger partial charge in [-0.05, 0) is 43.7 Å². The predicted molar refractivity (Wildman–Crippen MR) is 123 cm³/mol. The molecule has 0 atom stereocenters. The van der Waals surface area contributed by atoms with Crippen LogP contribution in [0.25, 0.3) is 11.4 Å². The molecule has 2 fully saturated rings. The van der Waals surface area contributed by atoms with Crippen molar-refractivity contribution in [1.82, 2.24) is 14.9 Å². The van der Waals surface area contributed by atoms with Gasteiger partial charge in [-0.2, -0.15) is 0 Å². The second kappa shape index (κ2) is 9.18. The molecule has 2 aromatic rings. The molecule has 2 heterocycles. The van der Waals surface area contributed by atoms with Crippen LogP contribution in [0.4, 0.5) is 11.5 Å². The molecule has 0 unspecified atom stereocenters. The second-order valence-corrected chi connectivity index (χ2v) is 8.87. The Bertz CT molecular complexity index is 893. The van der Waals surface area contributed by atoms with Gasteiger partial charge >= 0.3 is 0 Å². The predicted octanol–water partition coefficient (Wildman–Crippen LogP) is 2.62. The fourth-order valence-electron chi connectivity index (χ4n) is 4.67. The first-order valence-corrected chi connectivity index (χ1v) is 11.2. The summed E-state index contributed by atoms with van der Waals surface area (Å²) in [4.78, 5) is 25.5. The summed E-state index contributed by atoms with van der Waals surface area (Å²) in [6.45, 7) is 4.21. The molecule has 0 radical (unpaired) electrons. The molecule has 1 aromatic heterocycles. The van der Waals surface area contributed by atoms with Crippen molar-refractivity contribution in [3.05, 3.63) is 40.2 Å². The monoisotopic (exact) mass is 410 g/mol. The lowest BCUT2D eigenvalue weighted by molar-refractivity contribution is 0.313. The molecular formula is C23H34N6O. The van der Waals surface area contributed by atoms with Crippen molar-refractivity contribution in [3.63, 3.8) is 0 Å². The van der Waals surface area contributed by atoms with Gasteiger partial charge in [-0.3, -0.25) is 9.80 Å². The van der Waals surface area contributed by atoms with E-state index >= 15 is 0 Å². The Hall–Kier alpha value is -2.38. The smallest absolute Gasteiger partial charge is 0.256 e. The quantitative estimate of drug-likeness (QED) is 0.583. The van der Waals surface area contributed by atoms with Crippen LogP contribution in [0, 0.1) is 5.92 Å². The number of likely N-dealkylation sites (N-methyl/N-ethyl adjacent to an activating group) is 1. The number of nitrogens with one attached hydrogen (secondary N) is 1. The lowest BCUT2D eigenvalue weighted by atomic mass is 9.85. The SMILES string of the molecule is CN1CCN(c2ccc(-c3nc(N(C)N)c(CC4CCCCC4)c(=O)[nH]3)cc2)CC1. The highest BCUT2D eigenvalue weighted by atomic mass is 16.1. The van der Waals surface area contributed by atoms with E-state index in [2.05, 4.69) is 34.0 Å². The number of nitrogens with zero attached hydrogens (tertiary/aromatic N) is 4. The third-order valence-electron chi connectivity index (χ3n) is 6.55. The first kappa shape index (κ1) is 20.9. The van der Waals surface area contributed by atoms with Crippen LogP contribution < -0.4 is 21.3 Å². The molecule has 0 bridgehead atoms. The number of hydrogen-bond acceptors (Lipinski definition) is 6. The van der Waals surface area contributed by atoms with E-state index in [1.807, 2.05) is 12.1 Å². The minimum atomic E-state index is -0.0685. The fraction of sp³-hybridized carbons (Fsp3) is 0.565. The molecular weight excluding hydrogens is 376 g/mol. The summed E-state index contributed by atoms with van der Waals surface area (Å²) < 4.78 is 0. The van der Waals surface area contributed by atoms with Crippen molar-refractivity contribution in [2.45, 2.75) is 38.5 Å². The van der Waals surface area contributed by atoms with Gasteiger partial charge in [-0.1, -0.05) is 32.1 Å². The third kappa shape index (κ3) is 4.68. The van der Waals surface area contributed by atoms with Crippen molar-refractivity contribution in [1.29, 1.82) is 0 Å². The minimum absolute atomic E-state index is 0.0685. The van der Waals surface area contributed by atoms with Crippen LogP contribution in [-0.4, -0.2) is 55.1 Å². The summed E-state index contributed by atoms with van der Waals surface area (Å²) in [5.74, 6) is 7.79. The van der Waals surface area contributed by atoms with Gasteiger partial charge in [0.25, 0.3) is 5.56 Å². The Balaban J connectivity index is 1.57. The summed E-state index contributed by atoms with van der Waals surface area (Å²) in [5.41, 5.74) is 2.75. The number of rotatable bonds is 5. The van der Waals surface area contributed by atoms with Crippen molar-refractivity contribution in [2.75, 3.05) is 50.2 Å². The Morgan fingerprint density at radius 3 is 2.40 bits per heavy atom. The van der Waals surface area contributed by atoms with E-state index in [9.17, 15) is 4.79 Å². The van der Waals surface area contributed by atoms with Gasteiger partial charge in [0.2, 0.25) is 0 Å². The average Bonchev–Trinajstić information content (AvgIpc) is 2.76. The van der Waals surface area contributed by atoms with Crippen LogP contribution >= 0.6 is 0 Å². The first-order valence-electron chi connectivity index (χ1n) is 11.2. The third-order valence-corrected chi connectivity index (χ3v) is 6.55. The molecule has 1 aromatic carbocycles. The van der Waals surface area contributed by atoms with E-state index in [1.54, 1.807) is 7.05 Å². The molecule has 1 aliphatic carbocycles. The van der Waals surface area contributed by atoms with Gasteiger partial charge in [-0.15, -0.1) is 0 Å². The number of piperazine rings is 1. The number of aromatic amines is 1. The number of H-pyrrole nitrogens is 1. The number of hydrogen-bond donors (Lipinski definition) is 2. The highest BCUT2D eigenvalue weighted by Gasteiger charge is 2.21. The Labute approximate surface area is 178 Å². The van der Waals surface area contributed by atoms with Crippen LogP contribution in [0.1, 0.15) is 37.7 Å². The number of anilines is 2. The largest absolute Gasteiger partial charge is 0.369 e. The Morgan fingerprint density at radius 1 is 1.10 bits per heavy atom. The fourth-order valence-corrected chi connectivity index (χ4v) is 4.67. The van der Waals surface area contributed by atoms with Crippen LogP contribution in [0.3, 0.4) is 0 Å². The van der Waals surface area contributed by atoms with Crippen molar-refractivity contribution >= 4 is 11.5 Å². The molecule has 3 N–H and O–H groups in total. The molecule has 4 rings (SSSR count). The summed E-state index contributed by atoms with van der Waals surface area (Å²) >= 11 is 0. The number of aromatic nitrogens is 2.